The molecule has 0 aliphatic heterocycles. The van der Waals surface area contributed by atoms with Gasteiger partial charge in [-0.15, -0.1) is 0 Å². The summed E-state index contributed by atoms with van der Waals surface area (Å²) in [7, 11) is -6.00. The van der Waals surface area contributed by atoms with Crippen molar-refractivity contribution < 1.29 is 34.3 Å². The third kappa shape index (κ3) is 20.6. The van der Waals surface area contributed by atoms with Gasteiger partial charge < -0.3 is 17.3 Å². The van der Waals surface area contributed by atoms with Gasteiger partial charge in [-0.1, -0.05) is 29.8 Å². The molecule has 0 aliphatic rings. The minimum Gasteiger partial charge on any atom is -0.418 e. The summed E-state index contributed by atoms with van der Waals surface area (Å²) in [4.78, 5) is 0. The third-order valence-corrected chi connectivity index (χ3v) is 1.54. The largest absolute Gasteiger partial charge is 0.673 e. The van der Waals surface area contributed by atoms with Crippen LogP contribution in [0.5, 0.6) is 0 Å². The van der Waals surface area contributed by atoms with Crippen LogP contribution in [-0.4, -0.2) is 7.25 Å². The summed E-state index contributed by atoms with van der Waals surface area (Å²) in [5, 5.41) is 0.794. The van der Waals surface area contributed by atoms with Gasteiger partial charge in [-0.3, -0.25) is 0 Å². The molecule has 0 radical (unpaired) electrons. The van der Waals surface area contributed by atoms with Gasteiger partial charge in [0.1, 0.15) is 0 Å². The van der Waals surface area contributed by atoms with Gasteiger partial charge in [-0.25, -0.2) is 12.1 Å². The summed E-state index contributed by atoms with van der Waals surface area (Å²) >= 11 is 5.54. The molecule has 2 aromatic carbocycles. The predicted octanol–water partition coefficient (Wildman–Crippen LogP) is 5.04. The molecule has 18 heavy (non-hydrogen) atoms. The van der Waals surface area contributed by atoms with Gasteiger partial charge in [0.05, 0.1) is 0 Å². The molecule has 0 saturated heterocycles. The molecule has 7 heteroatoms. The third-order valence-electron chi connectivity index (χ3n) is 1.29. The van der Waals surface area contributed by atoms with E-state index in [1.165, 1.54) is 0 Å². The van der Waals surface area contributed by atoms with Gasteiger partial charge in [0.25, 0.3) is 0 Å². The first-order valence-electron chi connectivity index (χ1n) is 4.64. The van der Waals surface area contributed by atoms with Crippen molar-refractivity contribution in [2.24, 2.45) is 0 Å². The van der Waals surface area contributed by atoms with Crippen molar-refractivity contribution in [1.29, 1.82) is 0 Å². The Hall–Kier alpha value is -0.836. The predicted molar refractivity (Wildman–Crippen MR) is 63.7 cm³/mol. The molecule has 0 bridgehead atoms. The fourth-order valence-electron chi connectivity index (χ4n) is 0.735. The van der Waals surface area contributed by atoms with Crippen LogP contribution in [0.4, 0.5) is 17.3 Å². The van der Waals surface area contributed by atoms with E-state index in [4.69, 9.17) is 11.6 Å². The minimum absolute atomic E-state index is 0. The number of hydrogen-bond acceptors (Lipinski definition) is 0. The molecule has 102 valence electrons. The first kappa shape index (κ1) is 19.5. The van der Waals surface area contributed by atoms with Crippen molar-refractivity contribution in [3.8, 4) is 0 Å². The molecule has 0 aliphatic carbocycles. The maximum Gasteiger partial charge on any atom is 0.673 e. The van der Waals surface area contributed by atoms with Crippen LogP contribution in [0, 0.1) is 0 Å². The van der Waals surface area contributed by atoms with Gasteiger partial charge in [0, 0.05) is 22.1 Å². The normalized spacial score (nSPS) is 8.94. The second kappa shape index (κ2) is 11.3. The summed E-state index contributed by atoms with van der Waals surface area (Å²) in [5.41, 5.74) is 0. The Morgan fingerprint density at radius 3 is 1.39 bits per heavy atom. The molecule has 0 atom stereocenters. The molecule has 0 spiro atoms. The molecular weight excluding hydrogens is 310 g/mol. The van der Waals surface area contributed by atoms with Crippen LogP contribution in [0.3, 0.4) is 0 Å². The van der Waals surface area contributed by atoms with Crippen molar-refractivity contribution in [3.05, 3.63) is 65.7 Å². The van der Waals surface area contributed by atoms with Crippen molar-refractivity contribution in [3.63, 3.8) is 0 Å². The van der Waals surface area contributed by atoms with Gasteiger partial charge in [0.2, 0.25) is 0 Å². The van der Waals surface area contributed by atoms with Crippen LogP contribution in [0.2, 0.25) is 5.02 Å². The van der Waals surface area contributed by atoms with E-state index in [-0.39, 0.29) is 17.1 Å². The topological polar surface area (TPSA) is 0 Å². The minimum atomic E-state index is -6.00. The van der Waals surface area contributed by atoms with Crippen molar-refractivity contribution in [1.82, 2.24) is 0 Å². The summed E-state index contributed by atoms with van der Waals surface area (Å²) < 4.78 is 39.0. The van der Waals surface area contributed by atoms with Gasteiger partial charge >= 0.3 is 7.25 Å². The fourth-order valence-corrected chi connectivity index (χ4v) is 0.881. The van der Waals surface area contributed by atoms with E-state index in [1.54, 1.807) is 0 Å². The molecule has 0 nitrogen and oxygen atoms in total. The van der Waals surface area contributed by atoms with Crippen molar-refractivity contribution >= 4 is 18.9 Å². The van der Waals surface area contributed by atoms with Crippen LogP contribution < -0.4 is 0 Å². The van der Waals surface area contributed by atoms with Crippen LogP contribution >= 0.6 is 11.6 Å². The summed E-state index contributed by atoms with van der Waals surface area (Å²) in [6.45, 7) is 0. The molecule has 0 N–H and O–H groups in total. The van der Waals surface area contributed by atoms with Gasteiger partial charge in [0.15, 0.2) is 0 Å². The van der Waals surface area contributed by atoms with Crippen LogP contribution in [-0.2, 0) is 17.1 Å². The molecular formula is C11H10BClF4Fe-2. The molecule has 0 heterocycles. The second-order valence-corrected chi connectivity index (χ2v) is 3.19. The maximum atomic E-state index is 9.75. The van der Waals surface area contributed by atoms with Gasteiger partial charge in [-0.2, -0.15) is 18.2 Å². The number of benzene rings is 1. The number of halogens is 5. The molecule has 2 rings (SSSR count). The average Bonchev–Trinajstić information content (AvgIpc) is 2.73. The van der Waals surface area contributed by atoms with E-state index < -0.39 is 7.25 Å². The Balaban J connectivity index is 0. The van der Waals surface area contributed by atoms with E-state index in [1.807, 2.05) is 60.7 Å². The van der Waals surface area contributed by atoms with E-state index in [0.29, 0.717) is 0 Å². The summed E-state index contributed by atoms with van der Waals surface area (Å²) in [6, 6.07) is 19.4. The zero-order valence-electron chi connectivity index (χ0n) is 9.09. The monoisotopic (exact) mass is 320 g/mol. The SMILES string of the molecule is Clc1ccccc1.F[B-](F)(F)F.[Fe].c1cc[cH-]c1. The van der Waals surface area contributed by atoms with Crippen LogP contribution in [0.15, 0.2) is 60.7 Å². The fraction of sp³-hybridized carbons (Fsp3) is 0. The first-order valence-corrected chi connectivity index (χ1v) is 5.02. The van der Waals surface area contributed by atoms with Crippen molar-refractivity contribution in [2.75, 3.05) is 0 Å². The molecule has 0 amide bonds. The first-order chi connectivity index (χ1) is 7.89. The van der Waals surface area contributed by atoms with E-state index in [0.717, 1.165) is 5.02 Å². The molecule has 0 unspecified atom stereocenters. The van der Waals surface area contributed by atoms with Crippen molar-refractivity contribution in [2.45, 2.75) is 0 Å². The molecule has 0 saturated carbocycles. The Morgan fingerprint density at radius 1 is 0.833 bits per heavy atom. The van der Waals surface area contributed by atoms with E-state index in [9.17, 15) is 17.3 Å². The molecule has 0 aromatic heterocycles. The van der Waals surface area contributed by atoms with E-state index in [2.05, 4.69) is 0 Å². The Kier molecular flexibility index (Phi) is 12.2. The quantitative estimate of drug-likeness (QED) is 0.362. The molecule has 0 fully saturated rings. The number of rotatable bonds is 0. The smallest absolute Gasteiger partial charge is 0.418 e. The number of hydrogen-bond donors (Lipinski definition) is 0. The van der Waals surface area contributed by atoms with Gasteiger partial charge in [-0.05, 0) is 12.1 Å². The van der Waals surface area contributed by atoms with E-state index >= 15 is 0 Å². The standard InChI is InChI=1S/C6H5Cl.C5H5.BF4.Fe/c7-6-4-2-1-3-5-6;1-2-4-5-3-1;2-1(3,4)5;/h1-5H;1-5H;;/q;2*-1;. The van der Waals surface area contributed by atoms with Crippen LogP contribution in [0.25, 0.3) is 0 Å². The summed E-state index contributed by atoms with van der Waals surface area (Å²) in [6.07, 6.45) is 0. The Bertz CT molecular complexity index is 341. The second-order valence-electron chi connectivity index (χ2n) is 2.75. The Labute approximate surface area is 119 Å². The average molecular weight is 320 g/mol. The van der Waals surface area contributed by atoms with Crippen LogP contribution in [0.1, 0.15) is 0 Å². The zero-order valence-corrected chi connectivity index (χ0v) is 11.0. The summed E-state index contributed by atoms with van der Waals surface area (Å²) in [5.74, 6) is 0. The maximum absolute atomic E-state index is 9.75. The zero-order chi connectivity index (χ0) is 13.1. The Morgan fingerprint density at radius 2 is 1.22 bits per heavy atom. The molecule has 2 aromatic rings.